The van der Waals surface area contributed by atoms with Crippen LogP contribution in [0.1, 0.15) is 46.7 Å². The number of carbonyl (C=O) groups is 2. The maximum atomic E-state index is 11.9. The highest BCUT2D eigenvalue weighted by molar-refractivity contribution is 6.10. The number of nitrogens with zero attached hydrogens (tertiary/aromatic N) is 7. The number of hydrogen-bond donors (Lipinski definition) is 2. The summed E-state index contributed by atoms with van der Waals surface area (Å²) < 4.78 is 15.9. The van der Waals surface area contributed by atoms with Crippen molar-refractivity contribution in [2.24, 2.45) is 4.99 Å². The van der Waals surface area contributed by atoms with Crippen molar-refractivity contribution in [3.8, 4) is 23.0 Å². The number of nitrogens with two attached hydrogens (primary N) is 1. The number of aldehydes is 2. The second-order valence-corrected chi connectivity index (χ2v) is 12.0. The van der Waals surface area contributed by atoms with Crippen molar-refractivity contribution < 1.29 is 19.1 Å². The van der Waals surface area contributed by atoms with Crippen LogP contribution in [0.4, 0.5) is 11.4 Å². The lowest BCUT2D eigenvalue weighted by Crippen LogP contribution is -2.26. The van der Waals surface area contributed by atoms with Crippen molar-refractivity contribution in [1.82, 2.24) is 29.6 Å². The SMILES string of the molecule is C=N/C(C)=C/CN(C/C=C/Cn1c2nc(-c3cc(C)nn3CC)ncc2c2cc(C=O)cc(OC)c21)c1c(N)cc(C=O)cc1OCCCNC. The zero-order chi connectivity index (χ0) is 36.5. The van der Waals surface area contributed by atoms with Crippen LogP contribution in [-0.4, -0.2) is 84.0 Å². The van der Waals surface area contributed by atoms with Gasteiger partial charge in [0.15, 0.2) is 5.82 Å². The highest BCUT2D eigenvalue weighted by atomic mass is 16.5. The van der Waals surface area contributed by atoms with Crippen LogP contribution in [0.25, 0.3) is 33.5 Å². The largest absolute Gasteiger partial charge is 0.495 e. The monoisotopic (exact) mass is 691 g/mol. The van der Waals surface area contributed by atoms with Crippen molar-refractivity contribution in [3.05, 3.63) is 77.3 Å². The zero-order valence-corrected chi connectivity index (χ0v) is 29.8. The van der Waals surface area contributed by atoms with Crippen LogP contribution >= 0.6 is 0 Å². The van der Waals surface area contributed by atoms with E-state index in [9.17, 15) is 9.59 Å². The number of nitrogens with one attached hydrogen (secondary N) is 1. The van der Waals surface area contributed by atoms with Gasteiger partial charge in [-0.3, -0.25) is 19.3 Å². The molecule has 0 aliphatic heterocycles. The molecule has 0 atom stereocenters. The quantitative estimate of drug-likeness (QED) is 0.0387. The van der Waals surface area contributed by atoms with E-state index < -0.39 is 0 Å². The van der Waals surface area contributed by atoms with Crippen molar-refractivity contribution in [2.45, 2.75) is 40.3 Å². The van der Waals surface area contributed by atoms with E-state index in [0.717, 1.165) is 58.9 Å². The molecular weight excluding hydrogens is 646 g/mol. The average molecular weight is 692 g/mol. The topological polar surface area (TPSA) is 155 Å². The highest BCUT2D eigenvalue weighted by Gasteiger charge is 2.20. The van der Waals surface area contributed by atoms with Crippen LogP contribution in [0.5, 0.6) is 11.5 Å². The molecule has 0 aliphatic carbocycles. The number of aromatic nitrogens is 5. The molecule has 3 heterocycles. The van der Waals surface area contributed by atoms with E-state index >= 15 is 0 Å². The molecule has 3 aromatic heterocycles. The van der Waals surface area contributed by atoms with Crippen molar-refractivity contribution in [2.75, 3.05) is 51.0 Å². The summed E-state index contributed by atoms with van der Waals surface area (Å²) in [5.41, 5.74) is 12.6. The summed E-state index contributed by atoms with van der Waals surface area (Å²) in [7, 11) is 3.48. The van der Waals surface area contributed by atoms with Gasteiger partial charge in [0, 0.05) is 60.0 Å². The van der Waals surface area contributed by atoms with Gasteiger partial charge in [-0.15, -0.1) is 0 Å². The minimum Gasteiger partial charge on any atom is -0.495 e. The number of carbonyl (C=O) groups excluding carboxylic acids is 2. The van der Waals surface area contributed by atoms with Gasteiger partial charge in [0.2, 0.25) is 0 Å². The number of rotatable bonds is 18. The fourth-order valence-corrected chi connectivity index (χ4v) is 6.02. The van der Waals surface area contributed by atoms with Crippen LogP contribution in [-0.2, 0) is 13.1 Å². The average Bonchev–Trinajstić information content (AvgIpc) is 3.69. The number of ether oxygens (including phenoxy) is 2. The maximum absolute atomic E-state index is 11.9. The van der Waals surface area contributed by atoms with E-state index in [2.05, 4.69) is 31.6 Å². The van der Waals surface area contributed by atoms with E-state index in [1.165, 1.54) is 0 Å². The summed E-state index contributed by atoms with van der Waals surface area (Å²) in [4.78, 5) is 39.5. The second kappa shape index (κ2) is 16.7. The van der Waals surface area contributed by atoms with E-state index in [1.807, 2.05) is 62.9 Å². The fraction of sp³-hybridized carbons (Fsp3) is 0.316. The molecule has 0 bridgehead atoms. The van der Waals surface area contributed by atoms with Gasteiger partial charge in [-0.2, -0.15) is 5.10 Å². The third kappa shape index (κ3) is 7.99. The predicted molar refractivity (Wildman–Crippen MR) is 204 cm³/mol. The number of benzene rings is 2. The normalized spacial score (nSPS) is 11.8. The molecule has 5 rings (SSSR count). The van der Waals surface area contributed by atoms with E-state index in [4.69, 9.17) is 25.2 Å². The van der Waals surface area contributed by atoms with Gasteiger partial charge >= 0.3 is 0 Å². The van der Waals surface area contributed by atoms with Crippen molar-refractivity contribution >= 4 is 52.6 Å². The molecule has 0 radical (unpaired) electrons. The summed E-state index contributed by atoms with van der Waals surface area (Å²) in [6, 6.07) is 8.92. The Hall–Kier alpha value is -5.82. The summed E-state index contributed by atoms with van der Waals surface area (Å²) >= 11 is 0. The first kappa shape index (κ1) is 36.5. The molecule has 0 unspecified atom stereocenters. The maximum Gasteiger partial charge on any atom is 0.179 e. The molecule has 3 N–H and O–H groups in total. The molecule has 0 saturated carbocycles. The lowest BCUT2D eigenvalue weighted by atomic mass is 10.1. The summed E-state index contributed by atoms with van der Waals surface area (Å²) in [6.45, 7) is 12.8. The van der Waals surface area contributed by atoms with Gasteiger partial charge < -0.3 is 30.0 Å². The number of anilines is 2. The number of methoxy groups -OCH3 is 1. The Morgan fingerprint density at radius 1 is 1.08 bits per heavy atom. The number of aryl methyl sites for hydroxylation is 2. The van der Waals surface area contributed by atoms with Gasteiger partial charge in [0.05, 0.1) is 30.6 Å². The molecule has 0 spiro atoms. The molecule has 0 saturated heterocycles. The van der Waals surface area contributed by atoms with Crippen LogP contribution in [0.2, 0.25) is 0 Å². The first-order valence-electron chi connectivity index (χ1n) is 16.8. The Bertz CT molecular complexity index is 2110. The second-order valence-electron chi connectivity index (χ2n) is 12.0. The van der Waals surface area contributed by atoms with Crippen molar-refractivity contribution in [3.63, 3.8) is 0 Å². The van der Waals surface area contributed by atoms with Gasteiger partial charge in [-0.25, -0.2) is 9.97 Å². The van der Waals surface area contributed by atoms with Crippen molar-refractivity contribution in [1.29, 1.82) is 0 Å². The number of nitrogen functional groups attached to an aromatic ring is 1. The Balaban J connectivity index is 1.56. The van der Waals surface area contributed by atoms with Gasteiger partial charge in [0.25, 0.3) is 0 Å². The van der Waals surface area contributed by atoms with E-state index in [-0.39, 0.29) is 0 Å². The molecule has 13 nitrogen and oxygen atoms in total. The Kier molecular flexibility index (Phi) is 12.0. The standard InChI is InChI=1S/C38H45N9O4/c1-7-47-32(17-26(3)44-47)37-42-22-30-29-18-27(23-48)20-33(50-6)35(29)46(38(30)43-37)14-9-8-13-45(15-11-25(2)41-5)36-31(39)19-28(24-49)21-34(36)51-16-10-12-40-4/h8-9,11,17-24,40H,5,7,10,12-16,39H2,1-4,6H3/b9-8+,25-11+. The first-order valence-corrected chi connectivity index (χ1v) is 16.8. The third-order valence-electron chi connectivity index (χ3n) is 8.51. The van der Waals surface area contributed by atoms with E-state index in [0.29, 0.717) is 78.3 Å². The van der Waals surface area contributed by atoms with Crippen LogP contribution in [0, 0.1) is 6.92 Å². The van der Waals surface area contributed by atoms with Gasteiger partial charge in [-0.05, 0) is 83.9 Å². The zero-order valence-electron chi connectivity index (χ0n) is 29.8. The third-order valence-corrected chi connectivity index (χ3v) is 8.51. The number of aliphatic imine (C=N–C) groups is 1. The molecular formula is C38H45N9O4. The Morgan fingerprint density at radius 2 is 1.84 bits per heavy atom. The first-order chi connectivity index (χ1) is 24.8. The minimum atomic E-state index is 0.429. The lowest BCUT2D eigenvalue weighted by molar-refractivity contribution is 0.111. The molecule has 2 aromatic carbocycles. The van der Waals surface area contributed by atoms with Gasteiger partial charge in [0.1, 0.15) is 41.1 Å². The number of fused-ring (bicyclic) bond motifs is 3. The predicted octanol–water partition coefficient (Wildman–Crippen LogP) is 5.65. The molecule has 0 fully saturated rings. The molecule has 0 amide bonds. The van der Waals surface area contributed by atoms with Crippen LogP contribution in [0.3, 0.4) is 0 Å². The molecule has 5 aromatic rings. The summed E-state index contributed by atoms with van der Waals surface area (Å²) in [6.07, 6.45) is 10.2. The summed E-state index contributed by atoms with van der Waals surface area (Å²) in [5.74, 6) is 1.63. The fourth-order valence-electron chi connectivity index (χ4n) is 6.02. The van der Waals surface area contributed by atoms with E-state index in [1.54, 1.807) is 31.5 Å². The van der Waals surface area contributed by atoms with Crippen LogP contribution < -0.4 is 25.4 Å². The Morgan fingerprint density at radius 3 is 2.55 bits per heavy atom. The summed E-state index contributed by atoms with van der Waals surface area (Å²) in [5, 5.41) is 9.32. The smallest absolute Gasteiger partial charge is 0.179 e. The minimum absolute atomic E-state index is 0.429. The van der Waals surface area contributed by atoms with Crippen LogP contribution in [0.15, 0.2) is 65.4 Å². The number of hydrogen-bond acceptors (Lipinski definition) is 11. The molecule has 0 aliphatic rings. The Labute approximate surface area is 297 Å². The lowest BCUT2D eigenvalue weighted by Gasteiger charge is -2.27. The molecule has 51 heavy (non-hydrogen) atoms. The number of allylic oxidation sites excluding steroid dienone is 2. The molecule has 266 valence electrons. The molecule has 13 heteroatoms. The van der Waals surface area contributed by atoms with Gasteiger partial charge in [-0.1, -0.05) is 12.2 Å². The highest BCUT2D eigenvalue weighted by Crippen LogP contribution is 2.37.